The van der Waals surface area contributed by atoms with E-state index in [9.17, 15) is 32.3 Å². The van der Waals surface area contributed by atoms with Crippen molar-refractivity contribution < 1.29 is 55.7 Å². The van der Waals surface area contributed by atoms with Crippen molar-refractivity contribution in [3.8, 4) is 0 Å². The summed E-state index contributed by atoms with van der Waals surface area (Å²) in [4.78, 5) is 50.2. The maximum absolute atomic E-state index is 17.9. The monoisotopic (exact) mass is 588 g/mol. The third-order valence-electron chi connectivity index (χ3n) is 10.1. The predicted molar refractivity (Wildman–Crippen MR) is 135 cm³/mol. The number of ether oxygens (including phenoxy) is 4. The third-order valence-corrected chi connectivity index (χ3v) is 10.1. The molecule has 8 atom stereocenters. The first-order valence-electron chi connectivity index (χ1n) is 13.8. The smallest absolute Gasteiger partial charge is 0.458 e. The zero-order valence-electron chi connectivity index (χ0n) is 23.8. The minimum Gasteiger partial charge on any atom is -0.458 e. The van der Waals surface area contributed by atoms with E-state index in [0.29, 0.717) is 5.57 Å². The maximum atomic E-state index is 17.9. The molecule has 228 valence electrons. The van der Waals surface area contributed by atoms with Crippen molar-refractivity contribution in [3.63, 3.8) is 0 Å². The Hall–Kier alpha value is -2.60. The molecule has 0 spiro atoms. The molecular weight excluding hydrogens is 552 g/mol. The topological polar surface area (TPSA) is 105 Å². The molecule has 4 aliphatic carbocycles. The number of halogens is 4. The van der Waals surface area contributed by atoms with Gasteiger partial charge in [0.05, 0.1) is 0 Å². The van der Waals surface area contributed by atoms with Crippen molar-refractivity contribution in [2.24, 2.45) is 28.6 Å². The van der Waals surface area contributed by atoms with Gasteiger partial charge in [-0.3, -0.25) is 14.4 Å². The lowest BCUT2D eigenvalue weighted by molar-refractivity contribution is -0.259. The van der Waals surface area contributed by atoms with Gasteiger partial charge in [-0.2, -0.15) is 13.2 Å². The number of ketones is 2. The van der Waals surface area contributed by atoms with E-state index in [4.69, 9.17) is 18.9 Å². The van der Waals surface area contributed by atoms with Crippen molar-refractivity contribution in [1.29, 1.82) is 0 Å². The Morgan fingerprint density at radius 1 is 1.15 bits per heavy atom. The molecule has 0 bridgehead atoms. The van der Waals surface area contributed by atoms with Crippen LogP contribution in [-0.2, 0) is 38.1 Å². The Morgan fingerprint density at radius 2 is 1.83 bits per heavy atom. The highest BCUT2D eigenvalue weighted by molar-refractivity contribution is 6.01. The highest BCUT2D eigenvalue weighted by Gasteiger charge is 2.77. The highest BCUT2D eigenvalue weighted by Crippen LogP contribution is 2.72. The van der Waals surface area contributed by atoms with Crippen LogP contribution in [0.1, 0.15) is 59.8 Å². The summed E-state index contributed by atoms with van der Waals surface area (Å²) < 4.78 is 79.8. The zero-order valence-corrected chi connectivity index (χ0v) is 23.8. The fourth-order valence-electron chi connectivity index (χ4n) is 8.31. The van der Waals surface area contributed by atoms with Crippen LogP contribution in [0.5, 0.6) is 0 Å². The standard InChI is InChI=1S/C29H36F4O8/c1-6-23(36)39-14-21(35)28(40-15-38-5)16(2)11-20-19-8-7-17-12-18(34)9-10-25(17,3)27(19,30)22(13-26(20,28)4)41-24(37)29(31,32)33/h9-10,12,16,19-20,22H,6-8,11,13-15H2,1-5H3/t16?,19-,20-,22?,25-,26-,27-,28-/m0/s1. The minimum absolute atomic E-state index is 0.0149. The van der Waals surface area contributed by atoms with Crippen LogP contribution in [0.3, 0.4) is 0 Å². The van der Waals surface area contributed by atoms with Gasteiger partial charge >= 0.3 is 18.1 Å². The fraction of sp³-hybridized carbons (Fsp3) is 0.724. The number of methoxy groups -OCH3 is 1. The molecule has 41 heavy (non-hydrogen) atoms. The molecular formula is C29H36F4O8. The number of Topliss-reactive ketones (excluding diaryl/α,β-unsaturated/α-hetero) is 1. The normalized spacial score (nSPS) is 39.7. The number of hydrogen-bond acceptors (Lipinski definition) is 8. The van der Waals surface area contributed by atoms with Crippen molar-refractivity contribution in [2.75, 3.05) is 20.5 Å². The molecule has 3 fully saturated rings. The number of rotatable bonds is 8. The lowest BCUT2D eigenvalue weighted by Gasteiger charge is -2.63. The summed E-state index contributed by atoms with van der Waals surface area (Å²) in [6.45, 7) is 5.40. The Bertz CT molecular complexity index is 1180. The summed E-state index contributed by atoms with van der Waals surface area (Å²) in [5.74, 6) is -6.33. The summed E-state index contributed by atoms with van der Waals surface area (Å²) in [5.41, 5.74) is -6.75. The SMILES string of the molecule is CCC(=O)OCC(=O)[C@@]1(OCOC)C(C)C[C@H]2[C@@H]3CCC4=CC(=O)C=C[C@]4(C)[C@@]3(F)C(OC(=O)C(F)(F)F)C[C@@]21C. The zero-order chi connectivity index (χ0) is 30.6. The van der Waals surface area contributed by atoms with E-state index < -0.39 is 82.9 Å². The lowest BCUT2D eigenvalue weighted by atomic mass is 9.44. The van der Waals surface area contributed by atoms with Gasteiger partial charge < -0.3 is 18.9 Å². The van der Waals surface area contributed by atoms with E-state index in [1.54, 1.807) is 20.8 Å². The first-order valence-corrected chi connectivity index (χ1v) is 13.8. The van der Waals surface area contributed by atoms with E-state index in [0.717, 1.165) is 0 Å². The van der Waals surface area contributed by atoms with Crippen LogP contribution in [0.15, 0.2) is 23.8 Å². The van der Waals surface area contributed by atoms with Crippen LogP contribution in [0, 0.1) is 28.6 Å². The van der Waals surface area contributed by atoms with Gasteiger partial charge in [-0.15, -0.1) is 0 Å². The molecule has 0 radical (unpaired) electrons. The summed E-state index contributed by atoms with van der Waals surface area (Å²) in [5, 5.41) is 0. The molecule has 0 aromatic carbocycles. The molecule has 0 aromatic rings. The second kappa shape index (κ2) is 10.6. The number of hydrogen-bond donors (Lipinski definition) is 0. The summed E-state index contributed by atoms with van der Waals surface area (Å²) in [6.07, 6.45) is -3.29. The molecule has 0 saturated heterocycles. The van der Waals surface area contributed by atoms with E-state index in [-0.39, 0.29) is 38.3 Å². The Labute approximate surface area is 235 Å². The van der Waals surface area contributed by atoms with Gasteiger partial charge in [0.2, 0.25) is 5.78 Å². The van der Waals surface area contributed by atoms with Gasteiger partial charge in [-0.1, -0.05) is 32.4 Å². The Balaban J connectivity index is 1.88. The van der Waals surface area contributed by atoms with Crippen molar-refractivity contribution in [2.45, 2.75) is 83.3 Å². The molecule has 0 heterocycles. The Kier molecular flexibility index (Phi) is 8.10. The van der Waals surface area contributed by atoms with E-state index >= 15 is 4.39 Å². The number of allylic oxidation sites excluding steroid dienone is 4. The van der Waals surface area contributed by atoms with Gasteiger partial charge in [0.25, 0.3) is 0 Å². The number of fused-ring (bicyclic) bond motifs is 5. The molecule has 8 nitrogen and oxygen atoms in total. The molecule has 4 rings (SSSR count). The van der Waals surface area contributed by atoms with Crippen LogP contribution in [0.2, 0.25) is 0 Å². The number of carbonyl (C=O) groups excluding carboxylic acids is 4. The van der Waals surface area contributed by atoms with Gasteiger partial charge in [-0.05, 0) is 56.6 Å². The van der Waals surface area contributed by atoms with E-state index in [1.165, 1.54) is 32.3 Å². The highest BCUT2D eigenvalue weighted by atomic mass is 19.4. The molecule has 12 heteroatoms. The van der Waals surface area contributed by atoms with Crippen LogP contribution >= 0.6 is 0 Å². The van der Waals surface area contributed by atoms with E-state index in [2.05, 4.69) is 0 Å². The second-order valence-electron chi connectivity index (χ2n) is 12.0. The third kappa shape index (κ3) is 4.56. The minimum atomic E-state index is -5.40. The van der Waals surface area contributed by atoms with Crippen LogP contribution < -0.4 is 0 Å². The number of carbonyl (C=O) groups is 4. The van der Waals surface area contributed by atoms with Gasteiger partial charge in [0.1, 0.15) is 18.5 Å². The van der Waals surface area contributed by atoms with Gasteiger partial charge in [0.15, 0.2) is 18.1 Å². The molecule has 4 aliphatic rings. The molecule has 0 amide bonds. The summed E-state index contributed by atoms with van der Waals surface area (Å²) >= 11 is 0. The van der Waals surface area contributed by atoms with Crippen molar-refractivity contribution in [3.05, 3.63) is 23.8 Å². The molecule has 0 aliphatic heterocycles. The predicted octanol–water partition coefficient (Wildman–Crippen LogP) is 4.60. The van der Waals surface area contributed by atoms with Crippen LogP contribution in [0.4, 0.5) is 17.6 Å². The van der Waals surface area contributed by atoms with Crippen molar-refractivity contribution in [1.82, 2.24) is 0 Å². The van der Waals surface area contributed by atoms with Crippen LogP contribution in [-0.4, -0.2) is 67.6 Å². The number of alkyl halides is 4. The molecule has 2 unspecified atom stereocenters. The quantitative estimate of drug-likeness (QED) is 0.230. The fourth-order valence-corrected chi connectivity index (χ4v) is 8.31. The lowest BCUT2D eigenvalue weighted by Crippen LogP contribution is -2.70. The molecule has 3 saturated carbocycles. The second-order valence-corrected chi connectivity index (χ2v) is 12.0. The van der Waals surface area contributed by atoms with E-state index in [1.807, 2.05) is 0 Å². The first kappa shape index (κ1) is 31.3. The van der Waals surface area contributed by atoms with Crippen molar-refractivity contribution >= 4 is 23.5 Å². The van der Waals surface area contributed by atoms with Gasteiger partial charge in [0, 0.05) is 30.3 Å². The van der Waals surface area contributed by atoms with Crippen LogP contribution in [0.25, 0.3) is 0 Å². The molecule has 0 aromatic heterocycles. The maximum Gasteiger partial charge on any atom is 0.490 e. The Morgan fingerprint density at radius 3 is 2.44 bits per heavy atom. The van der Waals surface area contributed by atoms with Gasteiger partial charge in [-0.25, -0.2) is 9.18 Å². The first-order chi connectivity index (χ1) is 19.0. The largest absolute Gasteiger partial charge is 0.490 e. The average molecular weight is 589 g/mol. The summed E-state index contributed by atoms with van der Waals surface area (Å²) in [7, 11) is 1.34. The summed E-state index contributed by atoms with van der Waals surface area (Å²) in [6, 6.07) is 0. The number of esters is 2. The molecule has 0 N–H and O–H groups in total. The average Bonchev–Trinajstić information content (AvgIpc) is 3.12.